The molecule has 0 spiro atoms. The van der Waals surface area contributed by atoms with Gasteiger partial charge in [-0.1, -0.05) is 31.6 Å². The summed E-state index contributed by atoms with van der Waals surface area (Å²) in [5.41, 5.74) is 0.785. The van der Waals surface area contributed by atoms with Crippen molar-refractivity contribution in [3.05, 3.63) is 23.4 Å². The van der Waals surface area contributed by atoms with Crippen molar-refractivity contribution in [2.75, 3.05) is 32.1 Å². The third-order valence-electron chi connectivity index (χ3n) is 3.81. The molecular weight excluding hydrogens is 351 g/mol. The van der Waals surface area contributed by atoms with Crippen molar-refractivity contribution in [3.63, 3.8) is 0 Å². The van der Waals surface area contributed by atoms with Crippen LogP contribution in [0, 0.1) is 0 Å². The highest BCUT2D eigenvalue weighted by Crippen LogP contribution is 2.24. The standard InChI is InChI=1S/C18H29FN6S/c1-4-6-9-20-10-8-15-24-16-17(21-12-22-18(16)26-15)23-13-25(3)11-14(19)7-5-2/h11-12,20H,4-10,13H2,1-3H3,(H,21,22,23)/b14-11+. The Labute approximate surface area is 158 Å². The molecule has 0 saturated carbocycles. The Balaban J connectivity index is 1.94. The van der Waals surface area contributed by atoms with Crippen molar-refractivity contribution in [1.29, 1.82) is 0 Å². The predicted molar refractivity (Wildman–Crippen MR) is 107 cm³/mol. The van der Waals surface area contributed by atoms with E-state index in [0.29, 0.717) is 18.9 Å². The number of hydrogen-bond acceptors (Lipinski definition) is 7. The molecule has 6 nitrogen and oxygen atoms in total. The maximum absolute atomic E-state index is 13.6. The van der Waals surface area contributed by atoms with E-state index in [1.165, 1.54) is 19.0 Å². The quantitative estimate of drug-likeness (QED) is 0.430. The highest BCUT2D eigenvalue weighted by molar-refractivity contribution is 7.18. The van der Waals surface area contributed by atoms with Gasteiger partial charge >= 0.3 is 0 Å². The largest absolute Gasteiger partial charge is 0.361 e. The van der Waals surface area contributed by atoms with Gasteiger partial charge in [0.2, 0.25) is 0 Å². The van der Waals surface area contributed by atoms with E-state index in [1.54, 1.807) is 22.6 Å². The van der Waals surface area contributed by atoms with E-state index < -0.39 is 0 Å². The topological polar surface area (TPSA) is 66.0 Å². The third kappa shape index (κ3) is 6.49. The van der Waals surface area contributed by atoms with Crippen molar-refractivity contribution in [2.45, 2.75) is 46.0 Å². The normalized spacial score (nSPS) is 11.9. The van der Waals surface area contributed by atoms with Gasteiger partial charge in [-0.25, -0.2) is 19.3 Å². The zero-order valence-electron chi connectivity index (χ0n) is 15.9. The van der Waals surface area contributed by atoms with Gasteiger partial charge < -0.3 is 15.5 Å². The van der Waals surface area contributed by atoms with Gasteiger partial charge in [0.1, 0.15) is 22.5 Å². The number of hydrogen-bond donors (Lipinski definition) is 2. The van der Waals surface area contributed by atoms with E-state index in [2.05, 4.69) is 32.5 Å². The molecule has 2 rings (SSSR count). The first-order chi connectivity index (χ1) is 12.6. The second-order valence-electron chi connectivity index (χ2n) is 6.26. The van der Waals surface area contributed by atoms with Crippen LogP contribution >= 0.6 is 11.3 Å². The summed E-state index contributed by atoms with van der Waals surface area (Å²) in [6.07, 6.45) is 7.60. The minimum Gasteiger partial charge on any atom is -0.361 e. The Hall–Kier alpha value is -1.80. The lowest BCUT2D eigenvalue weighted by atomic mass is 10.3. The number of unbranched alkanes of at least 4 members (excludes halogenated alkanes) is 1. The highest BCUT2D eigenvalue weighted by atomic mass is 32.1. The molecule has 144 valence electrons. The smallest absolute Gasteiger partial charge is 0.158 e. The Morgan fingerprint density at radius 3 is 2.88 bits per heavy atom. The van der Waals surface area contributed by atoms with Crippen LogP contribution in [0.15, 0.2) is 18.4 Å². The number of thiazole rings is 1. The summed E-state index contributed by atoms with van der Waals surface area (Å²) in [6, 6.07) is 0. The van der Waals surface area contributed by atoms with Crippen LogP contribution in [-0.4, -0.2) is 46.7 Å². The first kappa shape index (κ1) is 20.5. The minimum absolute atomic E-state index is 0.115. The Kier molecular flexibility index (Phi) is 8.70. The number of aromatic nitrogens is 3. The van der Waals surface area contributed by atoms with Gasteiger partial charge in [-0.05, 0) is 19.4 Å². The Morgan fingerprint density at radius 1 is 1.27 bits per heavy atom. The second-order valence-corrected chi connectivity index (χ2v) is 7.32. The van der Waals surface area contributed by atoms with Gasteiger partial charge in [0.15, 0.2) is 5.82 Å². The second kappa shape index (κ2) is 11.0. The van der Waals surface area contributed by atoms with Crippen LogP contribution in [0.2, 0.25) is 0 Å². The molecule has 0 aromatic carbocycles. The summed E-state index contributed by atoms with van der Waals surface area (Å²) >= 11 is 1.60. The molecule has 8 heteroatoms. The fourth-order valence-corrected chi connectivity index (χ4v) is 3.35. The zero-order chi connectivity index (χ0) is 18.8. The van der Waals surface area contributed by atoms with Crippen molar-refractivity contribution < 1.29 is 4.39 Å². The lowest BCUT2D eigenvalue weighted by Crippen LogP contribution is -2.21. The average Bonchev–Trinajstić information content (AvgIpc) is 3.03. The molecule has 2 aromatic heterocycles. The minimum atomic E-state index is -0.115. The summed E-state index contributed by atoms with van der Waals surface area (Å²) in [4.78, 5) is 15.9. The van der Waals surface area contributed by atoms with Crippen LogP contribution in [0.4, 0.5) is 10.2 Å². The van der Waals surface area contributed by atoms with Crippen LogP contribution < -0.4 is 10.6 Å². The predicted octanol–water partition coefficient (Wildman–Crippen LogP) is 3.93. The van der Waals surface area contributed by atoms with Crippen LogP contribution in [0.25, 0.3) is 10.3 Å². The van der Waals surface area contributed by atoms with Gasteiger partial charge in [-0.3, -0.25) is 0 Å². The van der Waals surface area contributed by atoms with Crippen LogP contribution in [0.3, 0.4) is 0 Å². The molecule has 26 heavy (non-hydrogen) atoms. The van der Waals surface area contributed by atoms with Gasteiger partial charge in [0.05, 0.1) is 11.7 Å². The molecule has 0 fully saturated rings. The molecular formula is C18H29FN6S. The molecule has 0 aliphatic rings. The zero-order valence-corrected chi connectivity index (χ0v) is 16.7. The number of anilines is 1. The number of nitrogens with one attached hydrogen (secondary N) is 2. The number of halogens is 1. The summed E-state index contributed by atoms with van der Waals surface area (Å²) in [7, 11) is 1.83. The fourth-order valence-electron chi connectivity index (χ4n) is 2.44. The van der Waals surface area contributed by atoms with Crippen molar-refractivity contribution in [2.24, 2.45) is 0 Å². The van der Waals surface area contributed by atoms with E-state index in [-0.39, 0.29) is 5.83 Å². The van der Waals surface area contributed by atoms with Gasteiger partial charge in [-0.2, -0.15) is 0 Å². The van der Waals surface area contributed by atoms with E-state index >= 15 is 0 Å². The van der Waals surface area contributed by atoms with Gasteiger partial charge in [0.25, 0.3) is 0 Å². The lowest BCUT2D eigenvalue weighted by molar-refractivity contribution is 0.455. The Morgan fingerprint density at radius 2 is 2.12 bits per heavy atom. The molecule has 2 aromatic rings. The van der Waals surface area contributed by atoms with Gasteiger partial charge in [-0.15, -0.1) is 0 Å². The molecule has 2 N–H and O–H groups in total. The van der Waals surface area contributed by atoms with Crippen molar-refractivity contribution in [1.82, 2.24) is 25.2 Å². The highest BCUT2D eigenvalue weighted by Gasteiger charge is 2.10. The Bertz CT molecular complexity index is 702. The maximum atomic E-state index is 13.6. The van der Waals surface area contributed by atoms with E-state index in [9.17, 15) is 4.39 Å². The summed E-state index contributed by atoms with van der Waals surface area (Å²) in [6.45, 7) is 6.56. The fraction of sp³-hybridized carbons (Fsp3) is 0.611. The summed E-state index contributed by atoms with van der Waals surface area (Å²) in [5.74, 6) is 0.573. The van der Waals surface area contributed by atoms with Crippen LogP contribution in [0.1, 0.15) is 44.5 Å². The first-order valence-corrected chi connectivity index (χ1v) is 10.1. The summed E-state index contributed by atoms with van der Waals surface area (Å²) < 4.78 is 13.6. The number of allylic oxidation sites excluding steroid dienone is 1. The summed E-state index contributed by atoms with van der Waals surface area (Å²) in [5, 5.41) is 7.70. The number of nitrogens with zero attached hydrogens (tertiary/aromatic N) is 4. The number of fused-ring (bicyclic) bond motifs is 1. The first-order valence-electron chi connectivity index (χ1n) is 9.25. The average molecular weight is 381 g/mol. The van der Waals surface area contributed by atoms with E-state index in [4.69, 9.17) is 0 Å². The monoisotopic (exact) mass is 380 g/mol. The van der Waals surface area contributed by atoms with Crippen LogP contribution in [-0.2, 0) is 6.42 Å². The third-order valence-corrected chi connectivity index (χ3v) is 4.83. The van der Waals surface area contributed by atoms with Crippen LogP contribution in [0.5, 0.6) is 0 Å². The SMILES string of the molecule is CCCCNCCc1nc2c(NCN(C)/C=C(/F)CCC)ncnc2s1. The molecule has 0 amide bonds. The van der Waals surface area contributed by atoms with E-state index in [0.717, 1.165) is 41.3 Å². The molecule has 0 bridgehead atoms. The molecule has 0 aliphatic heterocycles. The number of rotatable bonds is 12. The molecule has 0 unspecified atom stereocenters. The lowest BCUT2D eigenvalue weighted by Gasteiger charge is -2.15. The molecule has 2 heterocycles. The van der Waals surface area contributed by atoms with Gasteiger partial charge in [0, 0.05) is 32.6 Å². The van der Waals surface area contributed by atoms with Crippen molar-refractivity contribution >= 4 is 27.5 Å². The van der Waals surface area contributed by atoms with E-state index in [1.807, 2.05) is 14.0 Å². The molecule has 0 saturated heterocycles. The maximum Gasteiger partial charge on any atom is 0.158 e. The van der Waals surface area contributed by atoms with Crippen molar-refractivity contribution in [3.8, 4) is 0 Å². The molecule has 0 atom stereocenters. The molecule has 0 aliphatic carbocycles. The molecule has 0 radical (unpaired) electrons.